The molecular weight excluding hydrogens is 220 g/mol. The second-order valence-electron chi connectivity index (χ2n) is 4.61. The van der Waals surface area contributed by atoms with E-state index in [9.17, 15) is 5.11 Å². The van der Waals surface area contributed by atoms with E-state index >= 15 is 0 Å². The highest BCUT2D eigenvalue weighted by Crippen LogP contribution is 2.21. The van der Waals surface area contributed by atoms with E-state index in [1.165, 1.54) is 12.8 Å². The quantitative estimate of drug-likeness (QED) is 0.798. The minimum atomic E-state index is -0.191. The molecule has 2 rings (SSSR count). The highest BCUT2D eigenvalue weighted by Gasteiger charge is 2.23. The zero-order valence-electron chi connectivity index (χ0n) is 9.72. The van der Waals surface area contributed by atoms with Crippen molar-refractivity contribution >= 4 is 11.3 Å². The molecule has 3 atom stereocenters. The Morgan fingerprint density at radius 2 is 2.25 bits per heavy atom. The van der Waals surface area contributed by atoms with Gasteiger partial charge in [-0.1, -0.05) is 19.3 Å². The molecule has 1 aromatic heterocycles. The van der Waals surface area contributed by atoms with Gasteiger partial charge < -0.3 is 10.4 Å². The summed E-state index contributed by atoms with van der Waals surface area (Å²) in [5, 5.41) is 15.6. The van der Waals surface area contributed by atoms with Crippen molar-refractivity contribution in [3.05, 3.63) is 16.6 Å². The lowest BCUT2D eigenvalue weighted by Crippen LogP contribution is -2.40. The van der Waals surface area contributed by atoms with Gasteiger partial charge in [-0.3, -0.25) is 0 Å². The SMILES string of the molecule is CC(NC1CCCCCC1O)c1cscn1. The van der Waals surface area contributed by atoms with Crippen molar-refractivity contribution in [1.29, 1.82) is 0 Å². The van der Waals surface area contributed by atoms with Crippen LogP contribution in [0.2, 0.25) is 0 Å². The zero-order chi connectivity index (χ0) is 11.4. The maximum absolute atomic E-state index is 10.0. The van der Waals surface area contributed by atoms with Crippen molar-refractivity contribution in [2.75, 3.05) is 0 Å². The fourth-order valence-corrected chi connectivity index (χ4v) is 2.97. The first-order valence-electron chi connectivity index (χ1n) is 6.09. The van der Waals surface area contributed by atoms with Gasteiger partial charge in [0.15, 0.2) is 0 Å². The molecule has 2 N–H and O–H groups in total. The third-order valence-electron chi connectivity index (χ3n) is 3.34. The molecule has 1 saturated carbocycles. The molecule has 1 aliphatic rings. The molecule has 3 nitrogen and oxygen atoms in total. The third-order valence-corrected chi connectivity index (χ3v) is 3.94. The predicted octanol–water partition coefficient (Wildman–Crippen LogP) is 2.49. The lowest BCUT2D eigenvalue weighted by atomic mass is 10.0. The zero-order valence-corrected chi connectivity index (χ0v) is 10.5. The van der Waals surface area contributed by atoms with Crippen molar-refractivity contribution in [3.8, 4) is 0 Å². The largest absolute Gasteiger partial charge is 0.392 e. The van der Waals surface area contributed by atoms with E-state index in [0.717, 1.165) is 25.0 Å². The van der Waals surface area contributed by atoms with Crippen molar-refractivity contribution in [1.82, 2.24) is 10.3 Å². The Labute approximate surface area is 101 Å². The van der Waals surface area contributed by atoms with Gasteiger partial charge in [-0.2, -0.15) is 0 Å². The lowest BCUT2D eigenvalue weighted by molar-refractivity contribution is 0.114. The third kappa shape index (κ3) is 3.03. The van der Waals surface area contributed by atoms with Gasteiger partial charge in [-0.05, 0) is 19.8 Å². The molecule has 0 bridgehead atoms. The molecule has 1 aliphatic carbocycles. The summed E-state index contributed by atoms with van der Waals surface area (Å²) in [4.78, 5) is 4.30. The van der Waals surface area contributed by atoms with Crippen LogP contribution in [0.15, 0.2) is 10.9 Å². The number of nitrogens with zero attached hydrogens (tertiary/aromatic N) is 1. The van der Waals surface area contributed by atoms with Crippen molar-refractivity contribution in [3.63, 3.8) is 0 Å². The number of rotatable bonds is 3. The van der Waals surface area contributed by atoms with Gasteiger partial charge >= 0.3 is 0 Å². The fraction of sp³-hybridized carbons (Fsp3) is 0.750. The van der Waals surface area contributed by atoms with Crippen LogP contribution in [0.5, 0.6) is 0 Å². The minimum Gasteiger partial charge on any atom is -0.392 e. The standard InChI is InChI=1S/C12H20N2OS/c1-9(11-7-16-8-13-11)14-10-5-3-2-4-6-12(10)15/h7-10,12,14-15H,2-6H2,1H3. The van der Waals surface area contributed by atoms with Gasteiger partial charge in [0.25, 0.3) is 0 Å². The fourth-order valence-electron chi connectivity index (χ4n) is 2.32. The van der Waals surface area contributed by atoms with E-state index in [4.69, 9.17) is 0 Å². The first kappa shape index (κ1) is 12.0. The van der Waals surface area contributed by atoms with Crippen LogP contribution in [0.4, 0.5) is 0 Å². The van der Waals surface area contributed by atoms with Crippen LogP contribution in [0.25, 0.3) is 0 Å². The molecule has 0 aromatic carbocycles. The smallest absolute Gasteiger partial charge is 0.0795 e. The Kier molecular flexibility index (Phi) is 4.32. The average Bonchev–Trinajstić information content (AvgIpc) is 2.73. The van der Waals surface area contributed by atoms with E-state index in [-0.39, 0.29) is 18.2 Å². The molecule has 0 amide bonds. The predicted molar refractivity (Wildman–Crippen MR) is 66.5 cm³/mol. The highest BCUT2D eigenvalue weighted by atomic mass is 32.1. The Hall–Kier alpha value is -0.450. The minimum absolute atomic E-state index is 0.191. The van der Waals surface area contributed by atoms with Gasteiger partial charge in [-0.25, -0.2) is 4.98 Å². The number of aliphatic hydroxyl groups excluding tert-OH is 1. The molecule has 0 aliphatic heterocycles. The lowest BCUT2D eigenvalue weighted by Gasteiger charge is -2.25. The van der Waals surface area contributed by atoms with Crippen LogP contribution in [0, 0.1) is 0 Å². The number of thiazole rings is 1. The van der Waals surface area contributed by atoms with E-state index in [2.05, 4.69) is 22.6 Å². The second kappa shape index (κ2) is 5.75. The summed E-state index contributed by atoms with van der Waals surface area (Å²) in [5.41, 5.74) is 2.94. The van der Waals surface area contributed by atoms with Crippen molar-refractivity contribution in [2.24, 2.45) is 0 Å². The molecule has 1 aromatic rings. The first-order valence-corrected chi connectivity index (χ1v) is 7.04. The maximum atomic E-state index is 10.0. The number of hydrogen-bond donors (Lipinski definition) is 2. The Morgan fingerprint density at radius 3 is 3.00 bits per heavy atom. The monoisotopic (exact) mass is 240 g/mol. The van der Waals surface area contributed by atoms with Gasteiger partial charge in [0.2, 0.25) is 0 Å². The first-order chi connectivity index (χ1) is 7.77. The van der Waals surface area contributed by atoms with Crippen LogP contribution in [-0.2, 0) is 0 Å². The molecule has 1 fully saturated rings. The summed E-state index contributed by atoms with van der Waals surface area (Å²) >= 11 is 1.62. The molecule has 4 heteroatoms. The number of aromatic nitrogens is 1. The molecule has 16 heavy (non-hydrogen) atoms. The molecule has 1 heterocycles. The van der Waals surface area contributed by atoms with Crippen LogP contribution in [-0.4, -0.2) is 22.2 Å². The van der Waals surface area contributed by atoms with Crippen molar-refractivity contribution < 1.29 is 5.11 Å². The van der Waals surface area contributed by atoms with Crippen LogP contribution in [0.3, 0.4) is 0 Å². The highest BCUT2D eigenvalue weighted by molar-refractivity contribution is 7.07. The topological polar surface area (TPSA) is 45.1 Å². The van der Waals surface area contributed by atoms with Crippen LogP contribution >= 0.6 is 11.3 Å². The maximum Gasteiger partial charge on any atom is 0.0795 e. The summed E-state index contributed by atoms with van der Waals surface area (Å²) in [6, 6.07) is 0.475. The number of nitrogens with one attached hydrogen (secondary N) is 1. The van der Waals surface area contributed by atoms with Crippen molar-refractivity contribution in [2.45, 2.75) is 57.2 Å². The second-order valence-corrected chi connectivity index (χ2v) is 5.33. The van der Waals surface area contributed by atoms with E-state index < -0.39 is 0 Å². The molecule has 0 radical (unpaired) electrons. The normalized spacial score (nSPS) is 28.6. The average molecular weight is 240 g/mol. The molecule has 90 valence electrons. The van der Waals surface area contributed by atoms with Gasteiger partial charge in [0, 0.05) is 17.5 Å². The molecule has 0 saturated heterocycles. The summed E-state index contributed by atoms with van der Waals surface area (Å²) in [6.45, 7) is 2.12. The van der Waals surface area contributed by atoms with E-state index in [1.54, 1.807) is 11.3 Å². The van der Waals surface area contributed by atoms with Crippen LogP contribution < -0.4 is 5.32 Å². The van der Waals surface area contributed by atoms with Gasteiger partial charge in [-0.15, -0.1) is 11.3 Å². The van der Waals surface area contributed by atoms with E-state index in [1.807, 2.05) is 5.51 Å². The summed E-state index contributed by atoms with van der Waals surface area (Å²) in [7, 11) is 0. The molecule has 3 unspecified atom stereocenters. The Morgan fingerprint density at radius 1 is 1.44 bits per heavy atom. The molecular formula is C12H20N2OS. The van der Waals surface area contributed by atoms with Gasteiger partial charge in [0.1, 0.15) is 0 Å². The summed E-state index contributed by atoms with van der Waals surface area (Å²) in [6.07, 6.45) is 5.45. The Bertz CT molecular complexity index is 302. The summed E-state index contributed by atoms with van der Waals surface area (Å²) < 4.78 is 0. The Balaban J connectivity index is 1.92. The summed E-state index contributed by atoms with van der Waals surface area (Å²) in [5.74, 6) is 0. The van der Waals surface area contributed by atoms with E-state index in [0.29, 0.717) is 0 Å². The molecule has 0 spiro atoms. The number of hydrogen-bond acceptors (Lipinski definition) is 4. The van der Waals surface area contributed by atoms with Gasteiger partial charge in [0.05, 0.1) is 17.3 Å². The van der Waals surface area contributed by atoms with Crippen LogP contribution in [0.1, 0.15) is 50.8 Å². The number of aliphatic hydroxyl groups is 1.